The van der Waals surface area contributed by atoms with E-state index in [1.807, 2.05) is 30.6 Å². The van der Waals surface area contributed by atoms with E-state index in [0.717, 1.165) is 11.6 Å². The molecule has 0 radical (unpaired) electrons. The van der Waals surface area contributed by atoms with Gasteiger partial charge in [0.2, 0.25) is 5.95 Å². The first-order valence-electron chi connectivity index (χ1n) is 7.32. The Balaban J connectivity index is 1.52. The molecule has 104 valence electrons. The molecular weight excluding hydrogens is 258 g/mol. The maximum atomic E-state index is 4.45. The maximum Gasteiger partial charge on any atom is 0.207 e. The van der Waals surface area contributed by atoms with Crippen molar-refractivity contribution in [3.8, 4) is 5.69 Å². The van der Waals surface area contributed by atoms with Gasteiger partial charge in [-0.1, -0.05) is 48.5 Å². The molecule has 4 rings (SSSR count). The van der Waals surface area contributed by atoms with Crippen LogP contribution in [0.5, 0.6) is 0 Å². The third kappa shape index (κ3) is 2.42. The van der Waals surface area contributed by atoms with Gasteiger partial charge in [0.25, 0.3) is 0 Å². The molecule has 0 saturated heterocycles. The van der Waals surface area contributed by atoms with Gasteiger partial charge in [-0.2, -0.15) is 0 Å². The van der Waals surface area contributed by atoms with Crippen molar-refractivity contribution < 1.29 is 0 Å². The molecule has 0 spiro atoms. The van der Waals surface area contributed by atoms with Crippen LogP contribution in [0, 0.1) is 0 Å². The first kappa shape index (κ1) is 12.2. The van der Waals surface area contributed by atoms with E-state index in [1.54, 1.807) is 0 Å². The summed E-state index contributed by atoms with van der Waals surface area (Å²) in [5, 5.41) is 3.56. The zero-order chi connectivity index (χ0) is 14.1. The van der Waals surface area contributed by atoms with Crippen molar-refractivity contribution >= 4 is 5.95 Å². The van der Waals surface area contributed by atoms with Crippen molar-refractivity contribution in [3.05, 3.63) is 78.6 Å². The zero-order valence-corrected chi connectivity index (χ0v) is 11.7. The van der Waals surface area contributed by atoms with Crippen LogP contribution < -0.4 is 5.32 Å². The highest BCUT2D eigenvalue weighted by atomic mass is 15.2. The molecule has 0 bridgehead atoms. The van der Waals surface area contributed by atoms with Crippen LogP contribution >= 0.6 is 0 Å². The molecule has 1 fully saturated rings. The minimum Gasteiger partial charge on any atom is -0.352 e. The van der Waals surface area contributed by atoms with Crippen molar-refractivity contribution in [3.63, 3.8) is 0 Å². The number of benzene rings is 2. The molecule has 1 saturated carbocycles. The molecular formula is C18H17N3. The number of nitrogens with zero attached hydrogens (tertiary/aromatic N) is 2. The van der Waals surface area contributed by atoms with Gasteiger partial charge in [0.05, 0.1) is 0 Å². The topological polar surface area (TPSA) is 29.9 Å². The van der Waals surface area contributed by atoms with Crippen molar-refractivity contribution in [2.24, 2.45) is 0 Å². The molecule has 0 aliphatic heterocycles. The Bertz CT molecular complexity index is 718. The second kappa shape index (κ2) is 5.09. The number of para-hydroxylation sites is 1. The molecule has 1 N–H and O–H groups in total. The van der Waals surface area contributed by atoms with Gasteiger partial charge in [-0.3, -0.25) is 4.57 Å². The number of aromatic nitrogens is 2. The summed E-state index contributed by atoms with van der Waals surface area (Å²) in [5.41, 5.74) is 2.54. The highest BCUT2D eigenvalue weighted by Crippen LogP contribution is 2.42. The highest BCUT2D eigenvalue weighted by Gasteiger charge is 2.38. The number of hydrogen-bond donors (Lipinski definition) is 1. The van der Waals surface area contributed by atoms with E-state index in [1.165, 1.54) is 12.0 Å². The molecule has 0 amide bonds. The van der Waals surface area contributed by atoms with Crippen LogP contribution in [0.4, 0.5) is 5.95 Å². The van der Waals surface area contributed by atoms with Crippen molar-refractivity contribution in [2.45, 2.75) is 18.4 Å². The molecule has 3 aromatic rings. The van der Waals surface area contributed by atoms with Crippen LogP contribution in [0.3, 0.4) is 0 Å². The quantitative estimate of drug-likeness (QED) is 0.784. The fraction of sp³-hybridized carbons (Fsp3) is 0.167. The number of imidazole rings is 1. The monoisotopic (exact) mass is 275 g/mol. The van der Waals surface area contributed by atoms with Gasteiger partial charge in [-0.05, 0) is 24.1 Å². The van der Waals surface area contributed by atoms with Gasteiger partial charge in [0.1, 0.15) is 0 Å². The van der Waals surface area contributed by atoms with E-state index in [9.17, 15) is 0 Å². The summed E-state index contributed by atoms with van der Waals surface area (Å²) in [7, 11) is 0. The van der Waals surface area contributed by atoms with Gasteiger partial charge in [0, 0.05) is 30.0 Å². The first-order chi connectivity index (χ1) is 10.4. The van der Waals surface area contributed by atoms with Crippen LogP contribution in [0.1, 0.15) is 17.9 Å². The van der Waals surface area contributed by atoms with E-state index >= 15 is 0 Å². The molecule has 1 heterocycles. The summed E-state index contributed by atoms with van der Waals surface area (Å²) in [6, 6.07) is 21.5. The molecule has 3 heteroatoms. The van der Waals surface area contributed by atoms with Gasteiger partial charge < -0.3 is 5.32 Å². The molecule has 21 heavy (non-hydrogen) atoms. The minimum absolute atomic E-state index is 0.484. The first-order valence-corrected chi connectivity index (χ1v) is 7.32. The largest absolute Gasteiger partial charge is 0.352 e. The van der Waals surface area contributed by atoms with Gasteiger partial charge in [-0.25, -0.2) is 4.98 Å². The standard InChI is InChI=1S/C18H17N3/c1-3-7-14(8-4-1)16-13-17(16)20-18-19-11-12-21(18)15-9-5-2-6-10-15/h1-12,16-17H,13H2,(H,19,20). The van der Waals surface area contributed by atoms with Gasteiger partial charge in [0.15, 0.2) is 0 Å². The molecule has 2 unspecified atom stereocenters. The summed E-state index contributed by atoms with van der Waals surface area (Å²) in [6.07, 6.45) is 5.01. The number of hydrogen-bond acceptors (Lipinski definition) is 2. The Hall–Kier alpha value is -2.55. The lowest BCUT2D eigenvalue weighted by Gasteiger charge is -2.09. The average Bonchev–Trinajstić information content (AvgIpc) is 3.16. The number of anilines is 1. The van der Waals surface area contributed by atoms with E-state index in [-0.39, 0.29) is 0 Å². The summed E-state index contributed by atoms with van der Waals surface area (Å²) in [4.78, 5) is 4.45. The molecule has 1 aliphatic carbocycles. The Kier molecular flexibility index (Phi) is 2.96. The van der Waals surface area contributed by atoms with E-state index in [0.29, 0.717) is 12.0 Å². The zero-order valence-electron chi connectivity index (χ0n) is 11.7. The van der Waals surface area contributed by atoms with Crippen LogP contribution in [-0.2, 0) is 0 Å². The minimum atomic E-state index is 0.484. The molecule has 3 nitrogen and oxygen atoms in total. The lowest BCUT2D eigenvalue weighted by molar-refractivity contribution is 0.973. The second-order valence-electron chi connectivity index (χ2n) is 5.46. The number of nitrogens with one attached hydrogen (secondary N) is 1. The number of rotatable bonds is 4. The van der Waals surface area contributed by atoms with Gasteiger partial charge >= 0.3 is 0 Å². The highest BCUT2D eigenvalue weighted by molar-refractivity contribution is 5.44. The van der Waals surface area contributed by atoms with Crippen LogP contribution in [0.25, 0.3) is 5.69 Å². The van der Waals surface area contributed by atoms with Crippen molar-refractivity contribution in [1.29, 1.82) is 0 Å². The molecule has 1 aliphatic rings. The Labute approximate surface area is 124 Å². The summed E-state index contributed by atoms with van der Waals surface area (Å²) >= 11 is 0. The smallest absolute Gasteiger partial charge is 0.207 e. The lowest BCUT2D eigenvalue weighted by Crippen LogP contribution is -2.09. The molecule has 2 aromatic carbocycles. The fourth-order valence-electron chi connectivity index (χ4n) is 2.80. The lowest BCUT2D eigenvalue weighted by atomic mass is 10.1. The van der Waals surface area contributed by atoms with E-state index < -0.39 is 0 Å². The van der Waals surface area contributed by atoms with Gasteiger partial charge in [-0.15, -0.1) is 0 Å². The van der Waals surface area contributed by atoms with Crippen molar-refractivity contribution in [1.82, 2.24) is 9.55 Å². The third-order valence-corrected chi connectivity index (χ3v) is 4.01. The average molecular weight is 275 g/mol. The van der Waals surface area contributed by atoms with Crippen LogP contribution in [-0.4, -0.2) is 15.6 Å². The summed E-state index contributed by atoms with van der Waals surface area (Å²) in [6.45, 7) is 0. The van der Waals surface area contributed by atoms with E-state index in [2.05, 4.69) is 57.3 Å². The maximum absolute atomic E-state index is 4.45. The summed E-state index contributed by atoms with van der Waals surface area (Å²) < 4.78 is 2.10. The SMILES string of the molecule is c1ccc(C2CC2Nc2nccn2-c2ccccc2)cc1. The van der Waals surface area contributed by atoms with E-state index in [4.69, 9.17) is 0 Å². The predicted molar refractivity (Wildman–Crippen MR) is 84.8 cm³/mol. The normalized spacial score (nSPS) is 20.2. The van der Waals surface area contributed by atoms with Crippen LogP contribution in [0.2, 0.25) is 0 Å². The summed E-state index contributed by atoms with van der Waals surface area (Å²) in [5.74, 6) is 1.52. The third-order valence-electron chi connectivity index (χ3n) is 4.01. The molecule has 1 aromatic heterocycles. The molecule has 2 atom stereocenters. The fourth-order valence-corrected chi connectivity index (χ4v) is 2.80. The van der Waals surface area contributed by atoms with Crippen LogP contribution in [0.15, 0.2) is 73.1 Å². The van der Waals surface area contributed by atoms with Crippen molar-refractivity contribution in [2.75, 3.05) is 5.32 Å². The predicted octanol–water partition coefficient (Wildman–Crippen LogP) is 3.84. The Morgan fingerprint density at radius 3 is 2.43 bits per heavy atom. The second-order valence-corrected chi connectivity index (χ2v) is 5.46. The Morgan fingerprint density at radius 2 is 1.67 bits per heavy atom. The Morgan fingerprint density at radius 1 is 0.952 bits per heavy atom.